The number of nitrogens with one attached hydrogen (secondary N) is 1. The second kappa shape index (κ2) is 9.39. The van der Waals surface area contributed by atoms with Gasteiger partial charge in [0.2, 0.25) is 5.91 Å². The van der Waals surface area contributed by atoms with Crippen molar-refractivity contribution >= 4 is 51.1 Å². The molecule has 0 saturated heterocycles. The van der Waals surface area contributed by atoms with Crippen LogP contribution in [0.3, 0.4) is 0 Å². The van der Waals surface area contributed by atoms with Gasteiger partial charge in [0.05, 0.1) is 22.6 Å². The first kappa shape index (κ1) is 20.6. The van der Waals surface area contributed by atoms with Crippen molar-refractivity contribution in [2.75, 3.05) is 23.4 Å². The van der Waals surface area contributed by atoms with Crippen molar-refractivity contribution in [2.45, 2.75) is 19.8 Å². The summed E-state index contributed by atoms with van der Waals surface area (Å²) in [5.74, 6) is 0.696. The molecule has 5 nitrogen and oxygen atoms in total. The van der Waals surface area contributed by atoms with Crippen LogP contribution in [-0.4, -0.2) is 40.7 Å². The molecular formula is C21H21BrN2O3S. The van der Waals surface area contributed by atoms with Gasteiger partial charge in [0.15, 0.2) is 0 Å². The summed E-state index contributed by atoms with van der Waals surface area (Å²) in [5.41, 5.74) is 2.86. The Morgan fingerprint density at radius 2 is 1.75 bits per heavy atom. The lowest BCUT2D eigenvalue weighted by molar-refractivity contribution is -0.113. The van der Waals surface area contributed by atoms with Gasteiger partial charge in [0.25, 0.3) is 11.8 Å². The van der Waals surface area contributed by atoms with Crippen LogP contribution in [0.1, 0.15) is 39.1 Å². The highest BCUT2D eigenvalue weighted by Gasteiger charge is 2.34. The van der Waals surface area contributed by atoms with Crippen LogP contribution in [-0.2, 0) is 4.79 Å². The zero-order valence-electron chi connectivity index (χ0n) is 15.5. The van der Waals surface area contributed by atoms with Gasteiger partial charge in [0.1, 0.15) is 0 Å². The number of rotatable bonds is 8. The van der Waals surface area contributed by atoms with Crippen LogP contribution in [0.2, 0.25) is 0 Å². The molecule has 0 fully saturated rings. The normalized spacial score (nSPS) is 13.0. The van der Waals surface area contributed by atoms with Gasteiger partial charge in [-0.25, -0.2) is 0 Å². The first-order chi connectivity index (χ1) is 13.5. The molecule has 0 spiro atoms. The number of benzene rings is 2. The minimum absolute atomic E-state index is 0.0464. The Balaban J connectivity index is 1.35. The van der Waals surface area contributed by atoms with Crippen molar-refractivity contribution in [3.05, 3.63) is 63.6 Å². The van der Waals surface area contributed by atoms with Crippen molar-refractivity contribution in [2.24, 2.45) is 0 Å². The van der Waals surface area contributed by atoms with Crippen LogP contribution in [0.4, 0.5) is 5.69 Å². The third-order valence-corrected chi connectivity index (χ3v) is 6.13. The zero-order chi connectivity index (χ0) is 20.1. The number of amides is 3. The first-order valence-corrected chi connectivity index (χ1v) is 11.0. The summed E-state index contributed by atoms with van der Waals surface area (Å²) in [4.78, 5) is 37.9. The molecule has 0 aromatic heterocycles. The Morgan fingerprint density at radius 3 is 2.39 bits per heavy atom. The number of halogens is 1. The van der Waals surface area contributed by atoms with E-state index in [1.807, 2.05) is 25.1 Å². The summed E-state index contributed by atoms with van der Waals surface area (Å²) in [6.45, 7) is 2.41. The van der Waals surface area contributed by atoms with Gasteiger partial charge in [-0.1, -0.05) is 18.2 Å². The molecule has 1 aliphatic heterocycles. The number of thioether (sulfide) groups is 1. The fraction of sp³-hybridized carbons (Fsp3) is 0.286. The SMILES string of the molecule is Cc1ccc(NC(=O)CSCCCCN2C(=O)c3ccccc3C2=O)c(Br)c1. The molecule has 0 bridgehead atoms. The van der Waals surface area contributed by atoms with Crippen molar-refractivity contribution < 1.29 is 14.4 Å². The van der Waals surface area contributed by atoms with E-state index in [0.717, 1.165) is 34.3 Å². The Kier molecular flexibility index (Phi) is 6.91. The summed E-state index contributed by atoms with van der Waals surface area (Å²) in [6.07, 6.45) is 1.56. The molecule has 3 amide bonds. The lowest BCUT2D eigenvalue weighted by Gasteiger charge is -2.13. The van der Waals surface area contributed by atoms with Gasteiger partial charge in [-0.2, -0.15) is 11.8 Å². The molecule has 0 radical (unpaired) electrons. The number of fused-ring (bicyclic) bond motifs is 1. The van der Waals surface area contributed by atoms with Crippen LogP contribution < -0.4 is 5.32 Å². The van der Waals surface area contributed by atoms with Gasteiger partial charge in [-0.15, -0.1) is 0 Å². The second-order valence-corrected chi connectivity index (χ2v) is 8.56. The van der Waals surface area contributed by atoms with Gasteiger partial charge >= 0.3 is 0 Å². The minimum Gasteiger partial charge on any atom is -0.324 e. The van der Waals surface area contributed by atoms with Gasteiger partial charge in [-0.05, 0) is 71.3 Å². The zero-order valence-corrected chi connectivity index (χ0v) is 17.9. The maximum Gasteiger partial charge on any atom is 0.261 e. The predicted molar refractivity (Wildman–Crippen MR) is 116 cm³/mol. The van der Waals surface area contributed by atoms with E-state index in [-0.39, 0.29) is 17.7 Å². The maximum absolute atomic E-state index is 12.3. The summed E-state index contributed by atoms with van der Waals surface area (Å²) >= 11 is 4.99. The number of unbranched alkanes of at least 4 members (excludes halogenated alkanes) is 1. The fourth-order valence-electron chi connectivity index (χ4n) is 2.99. The third kappa shape index (κ3) is 4.83. The highest BCUT2D eigenvalue weighted by Crippen LogP contribution is 2.24. The summed E-state index contributed by atoms with van der Waals surface area (Å²) in [5, 5.41) is 2.89. The molecule has 0 aliphatic carbocycles. The van der Waals surface area contributed by atoms with E-state index in [2.05, 4.69) is 21.2 Å². The number of anilines is 1. The van der Waals surface area contributed by atoms with E-state index in [1.165, 1.54) is 4.90 Å². The largest absolute Gasteiger partial charge is 0.324 e. The predicted octanol–water partition coefficient (Wildman–Crippen LogP) is 4.51. The highest BCUT2D eigenvalue weighted by atomic mass is 79.9. The Morgan fingerprint density at radius 1 is 1.07 bits per heavy atom. The topological polar surface area (TPSA) is 66.5 Å². The van der Waals surface area contributed by atoms with E-state index >= 15 is 0 Å². The number of carbonyl (C=O) groups is 3. The van der Waals surface area contributed by atoms with Gasteiger partial charge in [0, 0.05) is 11.0 Å². The molecule has 2 aromatic carbocycles. The number of hydrogen-bond acceptors (Lipinski definition) is 4. The molecule has 2 aromatic rings. The molecule has 1 aliphatic rings. The molecule has 0 unspecified atom stereocenters. The molecule has 7 heteroatoms. The lowest BCUT2D eigenvalue weighted by atomic mass is 10.1. The molecule has 0 atom stereocenters. The summed E-state index contributed by atoms with van der Waals surface area (Å²) < 4.78 is 0.867. The van der Waals surface area contributed by atoms with Gasteiger partial charge < -0.3 is 5.32 Å². The Labute approximate surface area is 177 Å². The maximum atomic E-state index is 12.3. The molecule has 28 heavy (non-hydrogen) atoms. The van der Waals surface area contributed by atoms with Crippen LogP contribution in [0.5, 0.6) is 0 Å². The molecule has 3 rings (SSSR count). The molecule has 0 saturated carbocycles. The molecule has 146 valence electrons. The van der Waals surface area contributed by atoms with E-state index in [4.69, 9.17) is 0 Å². The van der Waals surface area contributed by atoms with E-state index in [1.54, 1.807) is 36.0 Å². The summed E-state index contributed by atoms with van der Waals surface area (Å²) in [6, 6.07) is 12.7. The molecular weight excluding hydrogens is 440 g/mol. The van der Waals surface area contributed by atoms with Crippen LogP contribution in [0, 0.1) is 6.92 Å². The number of hydrogen-bond donors (Lipinski definition) is 1. The third-order valence-electron chi connectivity index (χ3n) is 4.43. The second-order valence-electron chi connectivity index (χ2n) is 6.60. The summed E-state index contributed by atoms with van der Waals surface area (Å²) in [7, 11) is 0. The number of nitrogens with zero attached hydrogens (tertiary/aromatic N) is 1. The fourth-order valence-corrected chi connectivity index (χ4v) is 4.39. The van der Waals surface area contributed by atoms with Crippen LogP contribution >= 0.6 is 27.7 Å². The van der Waals surface area contributed by atoms with Crippen molar-refractivity contribution in [1.29, 1.82) is 0 Å². The monoisotopic (exact) mass is 460 g/mol. The van der Waals surface area contributed by atoms with Crippen LogP contribution in [0.15, 0.2) is 46.9 Å². The molecule has 1 N–H and O–H groups in total. The van der Waals surface area contributed by atoms with E-state index in [0.29, 0.717) is 23.4 Å². The Hall–Kier alpha value is -2.12. The standard InChI is InChI=1S/C21H21BrN2O3S/c1-14-8-9-18(17(22)12-14)23-19(25)13-28-11-5-4-10-24-20(26)15-6-2-3-7-16(15)21(24)27/h2-3,6-9,12H,4-5,10-11,13H2,1H3,(H,23,25). The van der Waals surface area contributed by atoms with E-state index < -0.39 is 0 Å². The lowest BCUT2D eigenvalue weighted by Crippen LogP contribution is -2.30. The van der Waals surface area contributed by atoms with Crippen molar-refractivity contribution in [3.8, 4) is 0 Å². The van der Waals surface area contributed by atoms with Gasteiger partial charge in [-0.3, -0.25) is 19.3 Å². The quantitative estimate of drug-likeness (QED) is 0.464. The number of imide groups is 1. The number of carbonyl (C=O) groups excluding carboxylic acids is 3. The smallest absolute Gasteiger partial charge is 0.261 e. The van der Waals surface area contributed by atoms with E-state index in [9.17, 15) is 14.4 Å². The average molecular weight is 461 g/mol. The van der Waals surface area contributed by atoms with Crippen molar-refractivity contribution in [3.63, 3.8) is 0 Å². The molecule has 1 heterocycles. The van der Waals surface area contributed by atoms with Crippen molar-refractivity contribution in [1.82, 2.24) is 4.90 Å². The highest BCUT2D eigenvalue weighted by molar-refractivity contribution is 9.10. The van der Waals surface area contributed by atoms with Crippen LogP contribution in [0.25, 0.3) is 0 Å². The average Bonchev–Trinajstić information content (AvgIpc) is 2.92. The Bertz CT molecular complexity index is 881. The number of aryl methyl sites for hydroxylation is 1. The minimum atomic E-state index is -0.212. The first-order valence-electron chi connectivity index (χ1n) is 9.06.